The second kappa shape index (κ2) is 7.12. The zero-order valence-electron chi connectivity index (χ0n) is 16.7. The molecule has 1 spiro atoms. The third kappa shape index (κ3) is 3.23. The third-order valence-electron chi connectivity index (χ3n) is 6.30. The van der Waals surface area contributed by atoms with Gasteiger partial charge in [0.05, 0.1) is 16.9 Å². The number of aromatic nitrogens is 3. The Balaban J connectivity index is 1.42. The van der Waals surface area contributed by atoms with Crippen molar-refractivity contribution in [3.05, 3.63) is 77.9 Å². The van der Waals surface area contributed by atoms with Crippen molar-refractivity contribution in [3.63, 3.8) is 0 Å². The van der Waals surface area contributed by atoms with Gasteiger partial charge < -0.3 is 4.90 Å². The summed E-state index contributed by atoms with van der Waals surface area (Å²) in [6.45, 7) is 3.65. The second-order valence-corrected chi connectivity index (χ2v) is 8.25. The Hall–Kier alpha value is -2.99. The van der Waals surface area contributed by atoms with Gasteiger partial charge >= 0.3 is 0 Å². The minimum atomic E-state index is -0.0660. The van der Waals surface area contributed by atoms with Gasteiger partial charge in [0, 0.05) is 44.1 Å². The maximum atomic E-state index is 12.8. The molecule has 0 bridgehead atoms. The number of carbonyl (C=O) groups is 1. The molecule has 29 heavy (non-hydrogen) atoms. The van der Waals surface area contributed by atoms with E-state index in [9.17, 15) is 4.79 Å². The van der Waals surface area contributed by atoms with Gasteiger partial charge in [0.1, 0.15) is 0 Å². The molecular weight excluding hydrogens is 362 g/mol. The number of rotatable bonds is 3. The summed E-state index contributed by atoms with van der Waals surface area (Å²) in [6, 6.07) is 14.2. The van der Waals surface area contributed by atoms with E-state index in [-0.39, 0.29) is 11.3 Å². The van der Waals surface area contributed by atoms with Gasteiger partial charge in [-0.05, 0) is 49.7 Å². The number of amides is 1. The van der Waals surface area contributed by atoms with Crippen LogP contribution in [0, 0.1) is 0 Å². The van der Waals surface area contributed by atoms with E-state index in [0.717, 1.165) is 56.0 Å². The largest absolute Gasteiger partial charge is 0.341 e. The van der Waals surface area contributed by atoms with Crippen LogP contribution in [0.25, 0.3) is 5.69 Å². The lowest BCUT2D eigenvalue weighted by Crippen LogP contribution is -2.53. The first-order chi connectivity index (χ1) is 14.1. The standard InChI is InChI=1S/C23H25N5O/c1-26-17-23(9-12-27(13-10-23)15-18-6-5-11-24-14-18)21-20(22(26)29)16-28(25-21)19-7-3-2-4-8-19/h2-8,11,14,16H,9-10,12-13,15,17H2,1H3. The van der Waals surface area contributed by atoms with Gasteiger partial charge in [0.15, 0.2) is 0 Å². The van der Waals surface area contributed by atoms with E-state index in [0.29, 0.717) is 0 Å². The molecule has 2 aliphatic heterocycles. The van der Waals surface area contributed by atoms with Crippen LogP contribution in [0.1, 0.15) is 34.5 Å². The molecule has 0 aliphatic carbocycles. The monoisotopic (exact) mass is 387 g/mol. The SMILES string of the molecule is CN1CC2(CCN(Cc3cccnc3)CC2)c2nn(-c3ccccc3)cc2C1=O. The Morgan fingerprint density at radius 1 is 1.07 bits per heavy atom. The van der Waals surface area contributed by atoms with Crippen molar-refractivity contribution in [2.45, 2.75) is 24.8 Å². The van der Waals surface area contributed by atoms with E-state index in [1.807, 2.05) is 71.6 Å². The van der Waals surface area contributed by atoms with Crippen LogP contribution < -0.4 is 0 Å². The van der Waals surface area contributed by atoms with Crippen molar-refractivity contribution in [2.75, 3.05) is 26.7 Å². The zero-order chi connectivity index (χ0) is 19.8. The van der Waals surface area contributed by atoms with Gasteiger partial charge in [0.2, 0.25) is 0 Å². The summed E-state index contributed by atoms with van der Waals surface area (Å²) in [7, 11) is 1.91. The molecule has 1 saturated heterocycles. The molecule has 0 N–H and O–H groups in total. The van der Waals surface area contributed by atoms with Crippen LogP contribution >= 0.6 is 0 Å². The summed E-state index contributed by atoms with van der Waals surface area (Å²) in [6.07, 6.45) is 7.67. The van der Waals surface area contributed by atoms with E-state index in [1.165, 1.54) is 5.56 Å². The van der Waals surface area contributed by atoms with E-state index in [4.69, 9.17) is 5.10 Å². The van der Waals surface area contributed by atoms with Crippen LogP contribution in [-0.4, -0.2) is 57.2 Å². The number of pyridine rings is 1. The fourth-order valence-corrected chi connectivity index (χ4v) is 4.73. The average molecular weight is 387 g/mol. The second-order valence-electron chi connectivity index (χ2n) is 8.25. The van der Waals surface area contributed by atoms with E-state index in [1.54, 1.807) is 0 Å². The molecule has 148 valence electrons. The fourth-order valence-electron chi connectivity index (χ4n) is 4.73. The van der Waals surface area contributed by atoms with Crippen LogP contribution in [-0.2, 0) is 12.0 Å². The van der Waals surface area contributed by atoms with E-state index in [2.05, 4.69) is 16.0 Å². The number of para-hydroxylation sites is 1. The summed E-state index contributed by atoms with van der Waals surface area (Å²) < 4.78 is 1.87. The first-order valence-corrected chi connectivity index (χ1v) is 10.2. The van der Waals surface area contributed by atoms with Crippen molar-refractivity contribution >= 4 is 5.91 Å². The first kappa shape index (κ1) is 18.1. The Morgan fingerprint density at radius 3 is 2.59 bits per heavy atom. The minimum absolute atomic E-state index is 0.0660. The molecule has 1 fully saturated rings. The molecule has 5 rings (SSSR count). The van der Waals surface area contributed by atoms with Gasteiger partial charge in [-0.2, -0.15) is 5.10 Å². The van der Waals surface area contributed by atoms with Crippen molar-refractivity contribution in [2.24, 2.45) is 0 Å². The maximum absolute atomic E-state index is 12.8. The van der Waals surface area contributed by atoms with Crippen molar-refractivity contribution in [3.8, 4) is 5.69 Å². The third-order valence-corrected chi connectivity index (χ3v) is 6.30. The number of fused-ring (bicyclic) bond motifs is 2. The van der Waals surface area contributed by atoms with Gasteiger partial charge in [-0.25, -0.2) is 4.68 Å². The lowest BCUT2D eigenvalue weighted by molar-refractivity contribution is 0.0628. The summed E-state index contributed by atoms with van der Waals surface area (Å²) >= 11 is 0. The molecule has 1 amide bonds. The number of benzene rings is 1. The highest BCUT2D eigenvalue weighted by molar-refractivity contribution is 5.96. The highest BCUT2D eigenvalue weighted by Gasteiger charge is 2.46. The van der Waals surface area contributed by atoms with Crippen LogP contribution in [0.3, 0.4) is 0 Å². The van der Waals surface area contributed by atoms with Crippen LogP contribution in [0.4, 0.5) is 0 Å². The molecule has 6 heteroatoms. The average Bonchev–Trinajstić information content (AvgIpc) is 3.22. The van der Waals surface area contributed by atoms with Crippen LogP contribution in [0.15, 0.2) is 61.1 Å². The Bertz CT molecular complexity index is 1010. The number of nitrogens with zero attached hydrogens (tertiary/aromatic N) is 5. The van der Waals surface area contributed by atoms with Crippen molar-refractivity contribution in [1.82, 2.24) is 24.6 Å². The van der Waals surface area contributed by atoms with Gasteiger partial charge in [-0.15, -0.1) is 0 Å². The number of hydrogen-bond donors (Lipinski definition) is 0. The predicted octanol–water partition coefficient (Wildman–Crippen LogP) is 2.89. The van der Waals surface area contributed by atoms with E-state index < -0.39 is 0 Å². The molecular formula is C23H25N5O. The summed E-state index contributed by atoms with van der Waals surface area (Å²) in [5.41, 5.74) is 3.90. The van der Waals surface area contributed by atoms with Crippen LogP contribution in [0.5, 0.6) is 0 Å². The molecule has 2 aliphatic rings. The molecule has 0 radical (unpaired) electrons. The lowest BCUT2D eigenvalue weighted by atomic mass is 9.72. The molecule has 1 aromatic carbocycles. The Labute approximate surface area is 170 Å². The van der Waals surface area contributed by atoms with Gasteiger partial charge in [-0.1, -0.05) is 24.3 Å². The zero-order valence-corrected chi connectivity index (χ0v) is 16.7. The maximum Gasteiger partial charge on any atom is 0.257 e. The number of likely N-dealkylation sites (N-methyl/N-ethyl adjacent to an activating group) is 1. The molecule has 0 atom stereocenters. The smallest absolute Gasteiger partial charge is 0.257 e. The minimum Gasteiger partial charge on any atom is -0.341 e. The number of likely N-dealkylation sites (tertiary alicyclic amines) is 1. The normalized spacial score (nSPS) is 18.8. The Kier molecular flexibility index (Phi) is 4.43. The number of hydrogen-bond acceptors (Lipinski definition) is 4. The number of piperidine rings is 1. The summed E-state index contributed by atoms with van der Waals surface area (Å²) in [5, 5.41) is 4.93. The van der Waals surface area contributed by atoms with Gasteiger partial charge in [0.25, 0.3) is 5.91 Å². The lowest BCUT2D eigenvalue weighted by Gasteiger charge is -2.45. The van der Waals surface area contributed by atoms with Gasteiger partial charge in [-0.3, -0.25) is 14.7 Å². The first-order valence-electron chi connectivity index (χ1n) is 10.2. The summed E-state index contributed by atoms with van der Waals surface area (Å²) in [4.78, 5) is 21.4. The molecule has 0 unspecified atom stereocenters. The fraction of sp³-hybridized carbons (Fsp3) is 0.348. The highest BCUT2D eigenvalue weighted by atomic mass is 16.2. The van der Waals surface area contributed by atoms with E-state index >= 15 is 0 Å². The predicted molar refractivity (Wildman–Crippen MR) is 111 cm³/mol. The molecule has 2 aromatic heterocycles. The summed E-state index contributed by atoms with van der Waals surface area (Å²) in [5.74, 6) is 0.0746. The van der Waals surface area contributed by atoms with Crippen molar-refractivity contribution < 1.29 is 4.79 Å². The molecule has 0 saturated carbocycles. The highest BCUT2D eigenvalue weighted by Crippen LogP contribution is 2.41. The quantitative estimate of drug-likeness (QED) is 0.693. The molecule has 4 heterocycles. The number of carbonyl (C=O) groups excluding carboxylic acids is 1. The molecule has 6 nitrogen and oxygen atoms in total. The van der Waals surface area contributed by atoms with Crippen molar-refractivity contribution in [1.29, 1.82) is 0 Å². The van der Waals surface area contributed by atoms with Crippen LogP contribution in [0.2, 0.25) is 0 Å². The molecule has 3 aromatic rings. The topological polar surface area (TPSA) is 54.3 Å². The Morgan fingerprint density at radius 2 is 1.86 bits per heavy atom.